The number of rotatable bonds is 8. The number of aryl methyl sites for hydroxylation is 2. The molecule has 0 saturated carbocycles. The van der Waals surface area contributed by atoms with E-state index in [1.54, 1.807) is 36.4 Å². The van der Waals surface area contributed by atoms with Crippen molar-refractivity contribution in [3.05, 3.63) is 74.9 Å². The lowest BCUT2D eigenvalue weighted by atomic mass is 10.1. The summed E-state index contributed by atoms with van der Waals surface area (Å²) < 4.78 is 3.64. The predicted octanol–water partition coefficient (Wildman–Crippen LogP) is 1.93. The molecule has 0 atom stereocenters. The first kappa shape index (κ1) is 23.9. The minimum absolute atomic E-state index is 0.0330. The fourth-order valence-electron chi connectivity index (χ4n) is 3.94. The molecule has 10 nitrogen and oxygen atoms in total. The number of nitrogens with zero attached hydrogens (tertiary/aromatic N) is 4. The van der Waals surface area contributed by atoms with E-state index in [9.17, 15) is 19.2 Å². The van der Waals surface area contributed by atoms with Gasteiger partial charge in [0.05, 0.1) is 10.9 Å². The number of benzene rings is 2. The van der Waals surface area contributed by atoms with Crippen LogP contribution in [0.4, 0.5) is 5.69 Å². The number of hydrogen-bond donors (Lipinski definition) is 2. The van der Waals surface area contributed by atoms with Crippen molar-refractivity contribution in [2.24, 2.45) is 0 Å². The van der Waals surface area contributed by atoms with Gasteiger partial charge in [0.15, 0.2) is 0 Å². The largest absolute Gasteiger partial charge is 0.354 e. The third-order valence-electron chi connectivity index (χ3n) is 5.64. The zero-order valence-corrected chi connectivity index (χ0v) is 19.9. The molecule has 0 unspecified atom stereocenters. The van der Waals surface area contributed by atoms with Crippen LogP contribution in [0.2, 0.25) is 0 Å². The molecule has 182 valence electrons. The Kier molecular flexibility index (Phi) is 6.81. The summed E-state index contributed by atoms with van der Waals surface area (Å²) in [6.07, 6.45) is 0.932. The molecule has 2 aromatic heterocycles. The van der Waals surface area contributed by atoms with Crippen molar-refractivity contribution in [2.45, 2.75) is 52.7 Å². The molecule has 0 spiro atoms. The van der Waals surface area contributed by atoms with Crippen molar-refractivity contribution in [2.75, 3.05) is 5.32 Å². The van der Waals surface area contributed by atoms with E-state index < -0.39 is 11.6 Å². The quantitative estimate of drug-likeness (QED) is 0.403. The molecular weight excluding hydrogens is 448 g/mol. The maximum Gasteiger partial charge on any atom is 0.352 e. The minimum Gasteiger partial charge on any atom is -0.354 e. The standard InChI is InChI=1S/C25H28N6O4/c1-4-17-9-11-18(12-10-17)27-22(33)15-30-25(35)31-20-8-6-5-7-19(20)23(34)29(24(31)28-30)14-13-21(32)26-16(2)3/h5-12,16H,4,13-15H2,1-3H3,(H,26,32)(H,27,33). The Morgan fingerprint density at radius 3 is 2.40 bits per heavy atom. The van der Waals surface area contributed by atoms with E-state index in [4.69, 9.17) is 0 Å². The molecule has 0 saturated heterocycles. The summed E-state index contributed by atoms with van der Waals surface area (Å²) in [5.74, 6) is -0.557. The van der Waals surface area contributed by atoms with Crippen molar-refractivity contribution >= 4 is 34.2 Å². The van der Waals surface area contributed by atoms with Gasteiger partial charge < -0.3 is 10.6 Å². The summed E-state index contributed by atoms with van der Waals surface area (Å²) in [5, 5.41) is 10.2. The Balaban J connectivity index is 1.70. The van der Waals surface area contributed by atoms with E-state index in [-0.39, 0.29) is 42.8 Å². The molecule has 10 heteroatoms. The van der Waals surface area contributed by atoms with E-state index in [1.165, 1.54) is 8.97 Å². The molecule has 0 bridgehead atoms. The Hall–Kier alpha value is -4.21. The van der Waals surface area contributed by atoms with E-state index in [2.05, 4.69) is 15.7 Å². The number of carbonyl (C=O) groups excluding carboxylic acids is 2. The van der Waals surface area contributed by atoms with Crippen molar-refractivity contribution < 1.29 is 9.59 Å². The number of hydrogen-bond acceptors (Lipinski definition) is 5. The number of aromatic nitrogens is 4. The third-order valence-corrected chi connectivity index (χ3v) is 5.64. The average molecular weight is 477 g/mol. The highest BCUT2D eigenvalue weighted by Crippen LogP contribution is 2.12. The Morgan fingerprint density at radius 1 is 1.00 bits per heavy atom. The number of anilines is 1. The van der Waals surface area contributed by atoms with Crippen LogP contribution in [0, 0.1) is 0 Å². The van der Waals surface area contributed by atoms with E-state index in [1.807, 2.05) is 32.9 Å². The van der Waals surface area contributed by atoms with Crippen LogP contribution >= 0.6 is 0 Å². The highest BCUT2D eigenvalue weighted by atomic mass is 16.2. The predicted molar refractivity (Wildman–Crippen MR) is 134 cm³/mol. The second-order valence-electron chi connectivity index (χ2n) is 8.62. The molecule has 0 aliphatic rings. The van der Waals surface area contributed by atoms with Gasteiger partial charge in [0.2, 0.25) is 17.6 Å². The monoisotopic (exact) mass is 476 g/mol. The van der Waals surface area contributed by atoms with Gasteiger partial charge in [-0.25, -0.2) is 13.9 Å². The van der Waals surface area contributed by atoms with Gasteiger partial charge in [-0.05, 0) is 50.1 Å². The molecule has 2 aromatic carbocycles. The highest BCUT2D eigenvalue weighted by Gasteiger charge is 2.19. The number of fused-ring (bicyclic) bond motifs is 3. The first-order valence-corrected chi connectivity index (χ1v) is 11.6. The minimum atomic E-state index is -0.548. The van der Waals surface area contributed by atoms with Crippen LogP contribution in [0.5, 0.6) is 0 Å². The van der Waals surface area contributed by atoms with Crippen LogP contribution in [-0.4, -0.2) is 36.6 Å². The molecule has 2 heterocycles. The van der Waals surface area contributed by atoms with Crippen LogP contribution in [0.25, 0.3) is 16.7 Å². The van der Waals surface area contributed by atoms with Gasteiger partial charge in [-0.3, -0.25) is 19.0 Å². The molecule has 0 fully saturated rings. The Morgan fingerprint density at radius 2 is 1.71 bits per heavy atom. The maximum absolute atomic E-state index is 13.2. The molecular formula is C25H28N6O4. The van der Waals surface area contributed by atoms with Gasteiger partial charge in [-0.15, -0.1) is 5.10 Å². The lowest BCUT2D eigenvalue weighted by molar-refractivity contribution is -0.121. The molecule has 0 radical (unpaired) electrons. The average Bonchev–Trinajstić information content (AvgIpc) is 3.14. The molecule has 4 aromatic rings. The van der Waals surface area contributed by atoms with Gasteiger partial charge in [0.25, 0.3) is 5.56 Å². The van der Waals surface area contributed by atoms with Crippen LogP contribution in [-0.2, 0) is 29.1 Å². The van der Waals surface area contributed by atoms with Gasteiger partial charge in [0, 0.05) is 24.7 Å². The van der Waals surface area contributed by atoms with Crippen LogP contribution in [0.3, 0.4) is 0 Å². The van der Waals surface area contributed by atoms with Crippen molar-refractivity contribution in [3.8, 4) is 0 Å². The molecule has 4 rings (SSSR count). The summed E-state index contributed by atoms with van der Waals surface area (Å²) in [7, 11) is 0. The van der Waals surface area contributed by atoms with E-state index in [0.29, 0.717) is 16.6 Å². The number of carbonyl (C=O) groups is 2. The normalized spacial score (nSPS) is 11.3. The lowest BCUT2D eigenvalue weighted by Crippen LogP contribution is -2.33. The van der Waals surface area contributed by atoms with Gasteiger partial charge in [-0.2, -0.15) is 0 Å². The zero-order chi connectivity index (χ0) is 25.1. The summed E-state index contributed by atoms with van der Waals surface area (Å²) in [6.45, 7) is 5.46. The number of para-hydroxylation sites is 1. The molecule has 0 aliphatic carbocycles. The van der Waals surface area contributed by atoms with Crippen molar-refractivity contribution in [3.63, 3.8) is 0 Å². The molecule has 35 heavy (non-hydrogen) atoms. The Bertz CT molecular complexity index is 1510. The maximum atomic E-state index is 13.2. The fourth-order valence-corrected chi connectivity index (χ4v) is 3.94. The highest BCUT2D eigenvalue weighted by molar-refractivity contribution is 5.90. The first-order chi connectivity index (χ1) is 16.8. The smallest absolute Gasteiger partial charge is 0.352 e. The second-order valence-corrected chi connectivity index (χ2v) is 8.62. The SMILES string of the molecule is CCc1ccc(NC(=O)Cn2nc3n(CCC(=O)NC(C)C)c(=O)c4ccccc4n3c2=O)cc1. The summed E-state index contributed by atoms with van der Waals surface area (Å²) in [5.41, 5.74) is 1.24. The molecule has 2 amide bonds. The summed E-state index contributed by atoms with van der Waals surface area (Å²) in [6, 6.07) is 14.1. The lowest BCUT2D eigenvalue weighted by Gasteiger charge is -2.11. The molecule has 0 aliphatic heterocycles. The number of nitrogens with one attached hydrogen (secondary N) is 2. The second kappa shape index (κ2) is 9.96. The van der Waals surface area contributed by atoms with Gasteiger partial charge >= 0.3 is 5.69 Å². The number of amides is 2. The van der Waals surface area contributed by atoms with Crippen LogP contribution < -0.4 is 21.9 Å². The van der Waals surface area contributed by atoms with E-state index >= 15 is 0 Å². The van der Waals surface area contributed by atoms with Crippen molar-refractivity contribution in [1.29, 1.82) is 0 Å². The van der Waals surface area contributed by atoms with E-state index in [0.717, 1.165) is 16.7 Å². The first-order valence-electron chi connectivity index (χ1n) is 11.6. The fraction of sp³-hybridized carbons (Fsp3) is 0.320. The topological polar surface area (TPSA) is 120 Å². The van der Waals surface area contributed by atoms with Crippen molar-refractivity contribution in [1.82, 2.24) is 24.1 Å². The third kappa shape index (κ3) is 5.01. The van der Waals surface area contributed by atoms with Gasteiger partial charge in [0.1, 0.15) is 6.54 Å². The summed E-state index contributed by atoms with van der Waals surface area (Å²) in [4.78, 5) is 51.3. The zero-order valence-electron chi connectivity index (χ0n) is 19.9. The Labute approximate surface area is 201 Å². The van der Waals surface area contributed by atoms with Crippen LogP contribution in [0.1, 0.15) is 32.8 Å². The van der Waals surface area contributed by atoms with Crippen LogP contribution in [0.15, 0.2) is 58.1 Å². The van der Waals surface area contributed by atoms with Gasteiger partial charge in [-0.1, -0.05) is 31.2 Å². The summed E-state index contributed by atoms with van der Waals surface area (Å²) >= 11 is 0. The molecule has 2 N–H and O–H groups in total.